The highest BCUT2D eigenvalue weighted by Gasteiger charge is 2.29. The van der Waals surface area contributed by atoms with Gasteiger partial charge < -0.3 is 0 Å². The average Bonchev–Trinajstić information content (AvgIpc) is 1.92. The SMILES string of the molecule is CS(=O)(=O)CC1(Cl)C=CC(I)=CC1. The zero-order valence-corrected chi connectivity index (χ0v) is 10.9. The molecule has 13 heavy (non-hydrogen) atoms. The van der Waals surface area contributed by atoms with Gasteiger partial charge in [-0.3, -0.25) is 0 Å². The van der Waals surface area contributed by atoms with Crippen molar-refractivity contribution in [2.75, 3.05) is 12.0 Å². The summed E-state index contributed by atoms with van der Waals surface area (Å²) in [6.07, 6.45) is 7.34. The molecule has 0 amide bonds. The molecule has 0 aliphatic heterocycles. The Hall–Kier alpha value is 0.450. The molecule has 1 rings (SSSR count). The molecule has 0 saturated heterocycles. The summed E-state index contributed by atoms with van der Waals surface area (Å²) in [6.45, 7) is 0. The van der Waals surface area contributed by atoms with E-state index in [0.717, 1.165) is 3.58 Å². The van der Waals surface area contributed by atoms with Crippen LogP contribution in [-0.4, -0.2) is 25.3 Å². The van der Waals surface area contributed by atoms with E-state index in [9.17, 15) is 8.42 Å². The van der Waals surface area contributed by atoms with Crippen LogP contribution >= 0.6 is 34.2 Å². The third kappa shape index (κ3) is 3.99. The summed E-state index contributed by atoms with van der Waals surface area (Å²) in [7, 11) is -3.01. The number of hydrogen-bond donors (Lipinski definition) is 0. The molecule has 1 atom stereocenters. The van der Waals surface area contributed by atoms with Crippen LogP contribution in [0.1, 0.15) is 6.42 Å². The van der Waals surface area contributed by atoms with E-state index in [1.54, 1.807) is 6.08 Å². The zero-order chi connectivity index (χ0) is 10.1. The smallest absolute Gasteiger partial charge is 0.149 e. The molecule has 0 bridgehead atoms. The first-order chi connectivity index (χ1) is 5.81. The molecule has 5 heteroatoms. The van der Waals surface area contributed by atoms with Crippen LogP contribution in [0.25, 0.3) is 0 Å². The summed E-state index contributed by atoms with van der Waals surface area (Å²) in [5.74, 6) is -0.00151. The van der Waals surface area contributed by atoms with Gasteiger partial charge in [0.15, 0.2) is 0 Å². The quantitative estimate of drug-likeness (QED) is 0.574. The fourth-order valence-corrected chi connectivity index (χ4v) is 3.40. The van der Waals surface area contributed by atoms with Crippen LogP contribution in [0.15, 0.2) is 21.8 Å². The molecule has 0 fully saturated rings. The molecule has 0 spiro atoms. The molecule has 2 nitrogen and oxygen atoms in total. The minimum absolute atomic E-state index is 0.00151. The Balaban J connectivity index is 2.77. The van der Waals surface area contributed by atoms with Crippen LogP contribution in [0.4, 0.5) is 0 Å². The maximum absolute atomic E-state index is 11.0. The highest BCUT2D eigenvalue weighted by Crippen LogP contribution is 2.30. The van der Waals surface area contributed by atoms with Gasteiger partial charge in [0.05, 0.1) is 10.6 Å². The molecule has 1 unspecified atom stereocenters. The lowest BCUT2D eigenvalue weighted by Gasteiger charge is -2.23. The molecular formula is C8H10ClIO2S. The lowest BCUT2D eigenvalue weighted by Crippen LogP contribution is -2.29. The van der Waals surface area contributed by atoms with Crippen LogP contribution in [0.2, 0.25) is 0 Å². The first-order valence-electron chi connectivity index (χ1n) is 3.72. The monoisotopic (exact) mass is 332 g/mol. The van der Waals surface area contributed by atoms with Crippen molar-refractivity contribution >= 4 is 44.0 Å². The lowest BCUT2D eigenvalue weighted by molar-refractivity contribution is 0.593. The van der Waals surface area contributed by atoms with Gasteiger partial charge in [0.25, 0.3) is 0 Å². The van der Waals surface area contributed by atoms with E-state index >= 15 is 0 Å². The Morgan fingerprint density at radius 1 is 1.69 bits per heavy atom. The van der Waals surface area contributed by atoms with Crippen molar-refractivity contribution in [3.8, 4) is 0 Å². The van der Waals surface area contributed by atoms with E-state index in [2.05, 4.69) is 22.6 Å². The molecule has 0 aromatic heterocycles. The molecule has 0 aromatic rings. The molecular weight excluding hydrogens is 323 g/mol. The summed E-state index contributed by atoms with van der Waals surface area (Å²) in [4.78, 5) is -0.734. The predicted octanol–water partition coefficient (Wildman–Crippen LogP) is 2.29. The van der Waals surface area contributed by atoms with Crippen LogP contribution in [-0.2, 0) is 9.84 Å². The standard InChI is InChI=1S/C8H10ClIO2S/c1-13(11,12)6-8(9)4-2-7(10)3-5-8/h2-4H,5-6H2,1H3. The summed E-state index contributed by atoms with van der Waals surface area (Å²) in [5.41, 5.74) is 0. The Labute approximate surface area is 97.1 Å². The fourth-order valence-electron chi connectivity index (χ4n) is 1.18. The molecule has 0 aromatic carbocycles. The Kier molecular flexibility index (Phi) is 3.46. The summed E-state index contributed by atoms with van der Waals surface area (Å²) in [5, 5.41) is 0. The van der Waals surface area contributed by atoms with Gasteiger partial charge in [-0.25, -0.2) is 8.42 Å². The summed E-state index contributed by atoms with van der Waals surface area (Å²) < 4.78 is 23.2. The van der Waals surface area contributed by atoms with E-state index < -0.39 is 14.7 Å². The maximum Gasteiger partial charge on any atom is 0.149 e. The minimum Gasteiger partial charge on any atom is -0.229 e. The van der Waals surface area contributed by atoms with E-state index in [1.807, 2.05) is 12.2 Å². The number of sulfone groups is 1. The van der Waals surface area contributed by atoms with Crippen LogP contribution < -0.4 is 0 Å². The number of allylic oxidation sites excluding steroid dienone is 4. The number of halogens is 2. The van der Waals surface area contributed by atoms with Gasteiger partial charge >= 0.3 is 0 Å². The Bertz CT molecular complexity index is 358. The van der Waals surface area contributed by atoms with Crippen molar-refractivity contribution in [2.45, 2.75) is 11.3 Å². The number of rotatable bonds is 2. The van der Waals surface area contributed by atoms with Gasteiger partial charge in [-0.05, 0) is 29.0 Å². The summed E-state index contributed by atoms with van der Waals surface area (Å²) in [6, 6.07) is 0. The van der Waals surface area contributed by atoms with Crippen molar-refractivity contribution in [3.05, 3.63) is 21.8 Å². The number of hydrogen-bond acceptors (Lipinski definition) is 2. The Morgan fingerprint density at radius 2 is 2.31 bits per heavy atom. The van der Waals surface area contributed by atoms with Crippen molar-refractivity contribution in [1.82, 2.24) is 0 Å². The second-order valence-electron chi connectivity index (χ2n) is 3.23. The van der Waals surface area contributed by atoms with Gasteiger partial charge in [0, 0.05) is 9.84 Å². The molecule has 0 N–H and O–H groups in total. The zero-order valence-electron chi connectivity index (χ0n) is 7.13. The Morgan fingerprint density at radius 3 is 2.69 bits per heavy atom. The fraction of sp³-hybridized carbons (Fsp3) is 0.500. The molecule has 74 valence electrons. The predicted molar refractivity (Wildman–Crippen MR) is 64.2 cm³/mol. The van der Waals surface area contributed by atoms with E-state index in [1.165, 1.54) is 6.26 Å². The van der Waals surface area contributed by atoms with Gasteiger partial charge in [0.1, 0.15) is 9.84 Å². The highest BCUT2D eigenvalue weighted by molar-refractivity contribution is 14.1. The van der Waals surface area contributed by atoms with Crippen molar-refractivity contribution in [2.24, 2.45) is 0 Å². The molecule has 1 aliphatic carbocycles. The van der Waals surface area contributed by atoms with Gasteiger partial charge in [0.2, 0.25) is 0 Å². The lowest BCUT2D eigenvalue weighted by atomic mass is 10.0. The highest BCUT2D eigenvalue weighted by atomic mass is 127. The van der Waals surface area contributed by atoms with Gasteiger partial charge in [-0.15, -0.1) is 11.6 Å². The maximum atomic E-state index is 11.0. The first-order valence-corrected chi connectivity index (χ1v) is 7.24. The van der Waals surface area contributed by atoms with E-state index in [-0.39, 0.29) is 5.75 Å². The third-order valence-electron chi connectivity index (χ3n) is 1.68. The minimum atomic E-state index is -3.01. The first kappa shape index (κ1) is 11.5. The van der Waals surface area contributed by atoms with Crippen molar-refractivity contribution in [3.63, 3.8) is 0 Å². The second kappa shape index (κ2) is 3.90. The largest absolute Gasteiger partial charge is 0.229 e. The second-order valence-corrected chi connectivity index (χ2v) is 7.37. The van der Waals surface area contributed by atoms with Crippen LogP contribution in [0.3, 0.4) is 0 Å². The van der Waals surface area contributed by atoms with Crippen LogP contribution in [0.5, 0.6) is 0 Å². The topological polar surface area (TPSA) is 34.1 Å². The average molecular weight is 333 g/mol. The molecule has 0 radical (unpaired) electrons. The normalized spacial score (nSPS) is 28.7. The van der Waals surface area contributed by atoms with Crippen molar-refractivity contribution < 1.29 is 8.42 Å². The summed E-state index contributed by atoms with van der Waals surface area (Å²) >= 11 is 8.29. The third-order valence-corrected chi connectivity index (χ3v) is 4.09. The van der Waals surface area contributed by atoms with E-state index in [0.29, 0.717) is 6.42 Å². The van der Waals surface area contributed by atoms with Gasteiger partial charge in [-0.2, -0.15) is 0 Å². The van der Waals surface area contributed by atoms with E-state index in [4.69, 9.17) is 11.6 Å². The molecule has 0 heterocycles. The van der Waals surface area contributed by atoms with Crippen LogP contribution in [0, 0.1) is 0 Å². The number of alkyl halides is 1. The van der Waals surface area contributed by atoms with Crippen molar-refractivity contribution in [1.29, 1.82) is 0 Å². The molecule has 1 aliphatic rings. The molecule has 0 saturated carbocycles. The van der Waals surface area contributed by atoms with Gasteiger partial charge in [-0.1, -0.05) is 18.2 Å².